The van der Waals surface area contributed by atoms with Crippen molar-refractivity contribution in [2.75, 3.05) is 12.4 Å². The summed E-state index contributed by atoms with van der Waals surface area (Å²) in [5.41, 5.74) is 3.40. The number of benzene rings is 2. The number of carboxylic acids is 1. The molecule has 0 amide bonds. The number of thiazole rings is 1. The Morgan fingerprint density at radius 1 is 1.28 bits per heavy atom. The zero-order valence-electron chi connectivity index (χ0n) is 13.5. The van der Waals surface area contributed by atoms with Gasteiger partial charge in [0.1, 0.15) is 16.8 Å². The fourth-order valence-corrected chi connectivity index (χ4v) is 3.58. The summed E-state index contributed by atoms with van der Waals surface area (Å²) in [4.78, 5) is 20.2. The van der Waals surface area contributed by atoms with Crippen molar-refractivity contribution in [3.05, 3.63) is 42.2 Å². The van der Waals surface area contributed by atoms with E-state index >= 15 is 0 Å². The number of rotatable bonds is 4. The Balaban J connectivity index is 1.79. The monoisotopic (exact) mass is 354 g/mol. The summed E-state index contributed by atoms with van der Waals surface area (Å²) in [6, 6.07) is 8.67. The minimum absolute atomic E-state index is 0.177. The van der Waals surface area contributed by atoms with Crippen LogP contribution in [0.5, 0.6) is 5.75 Å². The molecule has 0 fully saturated rings. The highest BCUT2D eigenvalue weighted by atomic mass is 32.1. The Labute approximate surface area is 146 Å². The summed E-state index contributed by atoms with van der Waals surface area (Å²) >= 11 is 1.48. The zero-order valence-corrected chi connectivity index (χ0v) is 14.3. The van der Waals surface area contributed by atoms with Crippen molar-refractivity contribution in [3.63, 3.8) is 0 Å². The molecule has 2 aromatic carbocycles. The maximum Gasteiger partial charge on any atom is 0.335 e. The molecule has 7 nitrogen and oxygen atoms in total. The molecule has 4 aromatic rings. The quantitative estimate of drug-likeness (QED) is 0.582. The molecule has 25 heavy (non-hydrogen) atoms. The number of carbonyl (C=O) groups is 1. The zero-order chi connectivity index (χ0) is 17.6. The van der Waals surface area contributed by atoms with Crippen LogP contribution in [-0.2, 0) is 7.05 Å². The van der Waals surface area contributed by atoms with E-state index < -0.39 is 5.97 Å². The highest BCUT2D eigenvalue weighted by Gasteiger charge is 2.14. The average Bonchev–Trinajstić information content (AvgIpc) is 3.17. The van der Waals surface area contributed by atoms with Crippen LogP contribution in [0.25, 0.3) is 21.3 Å². The van der Waals surface area contributed by atoms with E-state index in [2.05, 4.69) is 15.3 Å². The first-order valence-corrected chi connectivity index (χ1v) is 8.27. The summed E-state index contributed by atoms with van der Waals surface area (Å²) in [5.74, 6) is -0.447. The number of hydrogen-bond donors (Lipinski definition) is 2. The van der Waals surface area contributed by atoms with Gasteiger partial charge in [-0.25, -0.2) is 14.8 Å². The molecule has 0 aliphatic heterocycles. The molecule has 0 aliphatic carbocycles. The molecule has 0 bridgehead atoms. The van der Waals surface area contributed by atoms with E-state index in [-0.39, 0.29) is 5.56 Å². The molecule has 0 aliphatic rings. The minimum atomic E-state index is -0.995. The highest BCUT2D eigenvalue weighted by Crippen LogP contribution is 2.35. The SMILES string of the molecule is COc1ccc(C(=O)O)cc1Nc1nc2c(ccc3c2ncn3C)s1. The number of nitrogens with one attached hydrogen (secondary N) is 1. The van der Waals surface area contributed by atoms with Crippen molar-refractivity contribution in [1.29, 1.82) is 0 Å². The predicted molar refractivity (Wildman–Crippen MR) is 97.1 cm³/mol. The van der Waals surface area contributed by atoms with Gasteiger partial charge in [0.05, 0.1) is 34.9 Å². The van der Waals surface area contributed by atoms with Crippen molar-refractivity contribution < 1.29 is 14.6 Å². The third kappa shape index (κ3) is 2.56. The topological polar surface area (TPSA) is 89.3 Å². The van der Waals surface area contributed by atoms with Crippen molar-refractivity contribution in [2.45, 2.75) is 0 Å². The first-order valence-electron chi connectivity index (χ1n) is 7.46. The standard InChI is InChI=1S/C17H14N4O3S/c1-21-8-18-14-11(21)4-6-13-15(14)20-17(25-13)19-10-7-9(16(22)23)3-5-12(10)24-2/h3-8H,1-2H3,(H,19,20)(H,22,23). The Hall–Kier alpha value is -3.13. The summed E-state index contributed by atoms with van der Waals surface area (Å²) in [6.07, 6.45) is 1.76. The summed E-state index contributed by atoms with van der Waals surface area (Å²) in [7, 11) is 3.48. The Morgan fingerprint density at radius 2 is 2.12 bits per heavy atom. The van der Waals surface area contributed by atoms with Gasteiger partial charge in [-0.15, -0.1) is 0 Å². The van der Waals surface area contributed by atoms with Crippen LogP contribution in [0.4, 0.5) is 10.8 Å². The first-order chi connectivity index (χ1) is 12.1. The molecule has 126 valence electrons. The van der Waals surface area contributed by atoms with Crippen molar-refractivity contribution in [3.8, 4) is 5.75 Å². The molecule has 2 heterocycles. The second kappa shape index (κ2) is 5.75. The third-order valence-corrected chi connectivity index (χ3v) is 4.88. The van der Waals surface area contributed by atoms with Gasteiger partial charge >= 0.3 is 5.97 Å². The van der Waals surface area contributed by atoms with Crippen LogP contribution in [0.1, 0.15) is 10.4 Å². The average molecular weight is 354 g/mol. The number of aryl methyl sites for hydroxylation is 1. The number of ether oxygens (including phenoxy) is 1. The van der Waals surface area contributed by atoms with Gasteiger partial charge in [0.25, 0.3) is 0 Å². The molecular weight excluding hydrogens is 340 g/mol. The van der Waals surface area contributed by atoms with E-state index in [1.807, 2.05) is 23.7 Å². The predicted octanol–water partition coefficient (Wildman–Crippen LogP) is 3.63. The van der Waals surface area contributed by atoms with Crippen LogP contribution in [0.15, 0.2) is 36.7 Å². The van der Waals surface area contributed by atoms with Crippen LogP contribution in [0.3, 0.4) is 0 Å². The van der Waals surface area contributed by atoms with Crippen molar-refractivity contribution >= 4 is 49.4 Å². The third-order valence-electron chi connectivity index (χ3n) is 3.94. The van der Waals surface area contributed by atoms with Crippen molar-refractivity contribution in [2.24, 2.45) is 7.05 Å². The number of hydrogen-bond acceptors (Lipinski definition) is 6. The summed E-state index contributed by atoms with van der Waals surface area (Å²) in [5, 5.41) is 13.0. The smallest absolute Gasteiger partial charge is 0.335 e. The Morgan fingerprint density at radius 3 is 2.88 bits per heavy atom. The van der Waals surface area contributed by atoms with Gasteiger partial charge in [-0.1, -0.05) is 11.3 Å². The number of carboxylic acid groups (broad SMARTS) is 1. The normalized spacial score (nSPS) is 11.1. The Kier molecular flexibility index (Phi) is 3.54. The summed E-state index contributed by atoms with van der Waals surface area (Å²) in [6.45, 7) is 0. The second-order valence-corrected chi connectivity index (χ2v) is 6.53. The molecular formula is C17H14N4O3S. The second-order valence-electron chi connectivity index (χ2n) is 5.50. The molecule has 0 saturated carbocycles. The van der Waals surface area contributed by atoms with E-state index in [0.717, 1.165) is 21.3 Å². The minimum Gasteiger partial charge on any atom is -0.495 e. The van der Waals surface area contributed by atoms with E-state index in [1.165, 1.54) is 30.6 Å². The molecule has 0 radical (unpaired) electrons. The number of nitrogens with zero attached hydrogens (tertiary/aromatic N) is 3. The molecule has 0 spiro atoms. The fraction of sp³-hybridized carbons (Fsp3) is 0.118. The number of fused-ring (bicyclic) bond motifs is 3. The molecule has 8 heteroatoms. The van der Waals surface area contributed by atoms with Crippen LogP contribution in [0, 0.1) is 0 Å². The van der Waals surface area contributed by atoms with Gasteiger partial charge in [-0.05, 0) is 30.3 Å². The maximum atomic E-state index is 11.2. The molecule has 0 saturated heterocycles. The van der Waals surface area contributed by atoms with Gasteiger partial charge in [0.2, 0.25) is 0 Å². The molecule has 0 unspecified atom stereocenters. The molecule has 0 atom stereocenters. The molecule has 2 N–H and O–H groups in total. The number of anilines is 2. The number of methoxy groups -OCH3 is 1. The number of imidazole rings is 1. The van der Waals surface area contributed by atoms with E-state index in [4.69, 9.17) is 4.74 Å². The van der Waals surface area contributed by atoms with Gasteiger partial charge < -0.3 is 19.7 Å². The van der Waals surface area contributed by atoms with Gasteiger partial charge in [0, 0.05) is 7.05 Å². The van der Waals surface area contributed by atoms with E-state index in [0.29, 0.717) is 16.6 Å². The van der Waals surface area contributed by atoms with Crippen LogP contribution >= 0.6 is 11.3 Å². The lowest BCUT2D eigenvalue weighted by atomic mass is 10.2. The fourth-order valence-electron chi connectivity index (χ4n) is 2.70. The van der Waals surface area contributed by atoms with E-state index in [9.17, 15) is 9.90 Å². The van der Waals surface area contributed by atoms with Crippen molar-refractivity contribution in [1.82, 2.24) is 14.5 Å². The van der Waals surface area contributed by atoms with E-state index in [1.54, 1.807) is 12.4 Å². The lowest BCUT2D eigenvalue weighted by molar-refractivity contribution is 0.0697. The molecule has 4 rings (SSSR count). The highest BCUT2D eigenvalue weighted by molar-refractivity contribution is 7.22. The van der Waals surface area contributed by atoms with Crippen LogP contribution in [0.2, 0.25) is 0 Å². The number of aromatic nitrogens is 3. The van der Waals surface area contributed by atoms with Gasteiger partial charge in [-0.3, -0.25) is 0 Å². The van der Waals surface area contributed by atoms with Crippen LogP contribution in [-0.4, -0.2) is 32.7 Å². The van der Waals surface area contributed by atoms with Crippen LogP contribution < -0.4 is 10.1 Å². The largest absolute Gasteiger partial charge is 0.495 e. The number of aromatic carboxylic acids is 1. The Bertz CT molecular complexity index is 1120. The molecule has 2 aromatic heterocycles. The van der Waals surface area contributed by atoms with Gasteiger partial charge in [0.15, 0.2) is 5.13 Å². The summed E-state index contributed by atoms with van der Waals surface area (Å²) < 4.78 is 8.25. The maximum absolute atomic E-state index is 11.2. The van der Waals surface area contributed by atoms with Gasteiger partial charge in [-0.2, -0.15) is 0 Å². The lowest BCUT2D eigenvalue weighted by Gasteiger charge is -2.09. The first kappa shape index (κ1) is 15.4. The lowest BCUT2D eigenvalue weighted by Crippen LogP contribution is -2.00.